The van der Waals surface area contributed by atoms with Crippen molar-refractivity contribution in [3.05, 3.63) is 28.6 Å². The Kier molecular flexibility index (Phi) is 4.57. The second-order valence-electron chi connectivity index (χ2n) is 4.80. The number of thiazole rings is 1. The molecular weight excluding hydrogens is 340 g/mol. The van der Waals surface area contributed by atoms with Crippen molar-refractivity contribution >= 4 is 37.7 Å². The molecule has 0 aromatic carbocycles. The topological polar surface area (TPSA) is 76.4 Å². The van der Waals surface area contributed by atoms with Gasteiger partial charge in [-0.1, -0.05) is 13.0 Å². The van der Waals surface area contributed by atoms with E-state index in [1.807, 2.05) is 29.8 Å². The van der Waals surface area contributed by atoms with Crippen LogP contribution in [-0.4, -0.2) is 35.3 Å². The van der Waals surface area contributed by atoms with E-state index in [0.717, 1.165) is 21.4 Å². The summed E-state index contributed by atoms with van der Waals surface area (Å²) in [5.41, 5.74) is 0.967. The van der Waals surface area contributed by atoms with Crippen LogP contribution in [0.4, 0.5) is 0 Å². The predicted octanol–water partition coefficient (Wildman–Crippen LogP) is 2.39. The molecule has 0 saturated carbocycles. The van der Waals surface area contributed by atoms with E-state index < -0.39 is 10.0 Å². The maximum Gasteiger partial charge on any atom is 0.212 e. The molecule has 9 heteroatoms. The molecule has 0 fully saturated rings. The number of sulfonamides is 1. The molecule has 1 N–H and O–H groups in total. The van der Waals surface area contributed by atoms with Crippen LogP contribution in [0.15, 0.2) is 22.9 Å². The Morgan fingerprint density at radius 1 is 1.36 bits per heavy atom. The molecule has 0 amide bonds. The molecule has 3 aromatic rings. The lowest BCUT2D eigenvalue weighted by molar-refractivity contribution is 0.579. The first-order valence-electron chi connectivity index (χ1n) is 6.93. The number of fused-ring (bicyclic) bond motifs is 1. The quantitative estimate of drug-likeness (QED) is 0.705. The molecule has 3 rings (SSSR count). The van der Waals surface area contributed by atoms with Crippen LogP contribution in [0.25, 0.3) is 15.7 Å². The van der Waals surface area contributed by atoms with Crippen molar-refractivity contribution in [2.75, 3.05) is 12.3 Å². The Balaban J connectivity index is 1.72. The van der Waals surface area contributed by atoms with E-state index in [-0.39, 0.29) is 5.75 Å². The van der Waals surface area contributed by atoms with Crippen LogP contribution >= 0.6 is 22.7 Å². The SMILES string of the molecule is CCCS(=O)(=O)NCCc1csc2nc(-c3cccs3)nn12. The molecule has 0 atom stereocenters. The summed E-state index contributed by atoms with van der Waals surface area (Å²) in [6.07, 6.45) is 1.21. The fourth-order valence-electron chi connectivity index (χ4n) is 2.08. The fraction of sp³-hybridized carbons (Fsp3) is 0.385. The van der Waals surface area contributed by atoms with Crippen LogP contribution in [0.2, 0.25) is 0 Å². The maximum atomic E-state index is 11.6. The van der Waals surface area contributed by atoms with Gasteiger partial charge in [-0.3, -0.25) is 0 Å². The van der Waals surface area contributed by atoms with Crippen molar-refractivity contribution in [2.24, 2.45) is 0 Å². The van der Waals surface area contributed by atoms with Crippen LogP contribution in [0.1, 0.15) is 19.0 Å². The van der Waals surface area contributed by atoms with Gasteiger partial charge in [-0.25, -0.2) is 17.7 Å². The standard InChI is InChI=1S/C13H16N4O2S3/c1-2-8-22(18,19)14-6-5-10-9-21-13-15-12(16-17(10)13)11-4-3-7-20-11/h3-4,7,9,14H,2,5-6,8H2,1H3. The summed E-state index contributed by atoms with van der Waals surface area (Å²) in [4.78, 5) is 6.37. The summed E-state index contributed by atoms with van der Waals surface area (Å²) in [5.74, 6) is 0.882. The first-order chi connectivity index (χ1) is 10.6. The molecule has 0 aliphatic rings. The van der Waals surface area contributed by atoms with Gasteiger partial charge >= 0.3 is 0 Å². The van der Waals surface area contributed by atoms with Gasteiger partial charge in [0.25, 0.3) is 0 Å². The molecule has 0 spiro atoms. The number of rotatable bonds is 7. The highest BCUT2D eigenvalue weighted by Crippen LogP contribution is 2.24. The van der Waals surface area contributed by atoms with E-state index in [1.54, 1.807) is 15.9 Å². The average Bonchev–Trinajstić information content (AvgIpc) is 3.14. The van der Waals surface area contributed by atoms with E-state index in [4.69, 9.17) is 0 Å². The van der Waals surface area contributed by atoms with Gasteiger partial charge in [-0.05, 0) is 17.9 Å². The summed E-state index contributed by atoms with van der Waals surface area (Å²) in [6, 6.07) is 3.96. The molecule has 0 bridgehead atoms. The lowest BCUT2D eigenvalue weighted by atomic mass is 10.3. The fourth-order valence-corrected chi connectivity index (χ4v) is 4.69. The Morgan fingerprint density at radius 2 is 2.23 bits per heavy atom. The van der Waals surface area contributed by atoms with Crippen molar-refractivity contribution < 1.29 is 8.42 Å². The van der Waals surface area contributed by atoms with Gasteiger partial charge in [0, 0.05) is 18.3 Å². The zero-order valence-electron chi connectivity index (χ0n) is 12.0. The largest absolute Gasteiger partial charge is 0.215 e. The predicted molar refractivity (Wildman–Crippen MR) is 90.0 cm³/mol. The number of hydrogen-bond donors (Lipinski definition) is 1. The highest BCUT2D eigenvalue weighted by atomic mass is 32.2. The molecule has 0 unspecified atom stereocenters. The van der Waals surface area contributed by atoms with Gasteiger partial charge in [0.1, 0.15) is 0 Å². The highest BCUT2D eigenvalue weighted by Gasteiger charge is 2.13. The van der Waals surface area contributed by atoms with Crippen LogP contribution in [-0.2, 0) is 16.4 Å². The number of nitrogens with zero attached hydrogens (tertiary/aromatic N) is 3. The van der Waals surface area contributed by atoms with Gasteiger partial charge in [-0.15, -0.1) is 27.8 Å². The maximum absolute atomic E-state index is 11.6. The van der Waals surface area contributed by atoms with E-state index >= 15 is 0 Å². The Labute approximate surface area is 136 Å². The molecule has 22 heavy (non-hydrogen) atoms. The third-order valence-corrected chi connectivity index (χ3v) is 6.39. The molecule has 118 valence electrons. The lowest BCUT2D eigenvalue weighted by Gasteiger charge is -2.04. The zero-order chi connectivity index (χ0) is 15.6. The average molecular weight is 356 g/mol. The number of hydrogen-bond acceptors (Lipinski definition) is 6. The number of thiophene rings is 1. The summed E-state index contributed by atoms with van der Waals surface area (Å²) >= 11 is 3.12. The van der Waals surface area contributed by atoms with Crippen molar-refractivity contribution in [3.63, 3.8) is 0 Å². The second kappa shape index (κ2) is 6.45. The minimum atomic E-state index is -3.16. The molecule has 0 radical (unpaired) electrons. The van der Waals surface area contributed by atoms with Gasteiger partial charge < -0.3 is 0 Å². The van der Waals surface area contributed by atoms with Gasteiger partial charge in [0.2, 0.25) is 15.0 Å². The van der Waals surface area contributed by atoms with E-state index in [9.17, 15) is 8.42 Å². The third kappa shape index (κ3) is 3.37. The minimum absolute atomic E-state index is 0.165. The first-order valence-corrected chi connectivity index (χ1v) is 10.3. The van der Waals surface area contributed by atoms with E-state index in [1.165, 1.54) is 11.3 Å². The van der Waals surface area contributed by atoms with Crippen LogP contribution in [0.3, 0.4) is 0 Å². The normalized spacial score (nSPS) is 12.2. The van der Waals surface area contributed by atoms with Gasteiger partial charge in [0.15, 0.2) is 5.82 Å². The minimum Gasteiger partial charge on any atom is -0.215 e. The summed E-state index contributed by atoms with van der Waals surface area (Å²) in [5, 5.41) is 8.48. The van der Waals surface area contributed by atoms with Gasteiger partial charge in [-0.2, -0.15) is 4.98 Å². The molecule has 3 aromatic heterocycles. The monoisotopic (exact) mass is 356 g/mol. The smallest absolute Gasteiger partial charge is 0.212 e. The Bertz CT molecular complexity index is 849. The van der Waals surface area contributed by atoms with Gasteiger partial charge in [0.05, 0.1) is 16.3 Å². The Hall–Kier alpha value is -1.29. The first kappa shape index (κ1) is 15.6. The second-order valence-corrected chi connectivity index (χ2v) is 8.51. The lowest BCUT2D eigenvalue weighted by Crippen LogP contribution is -2.28. The van der Waals surface area contributed by atoms with Crippen molar-refractivity contribution in [3.8, 4) is 10.7 Å². The zero-order valence-corrected chi connectivity index (χ0v) is 14.5. The Morgan fingerprint density at radius 3 is 2.95 bits per heavy atom. The van der Waals surface area contributed by atoms with Crippen LogP contribution < -0.4 is 4.72 Å². The number of nitrogens with one attached hydrogen (secondary N) is 1. The number of aromatic nitrogens is 3. The summed E-state index contributed by atoms with van der Waals surface area (Å²) < 4.78 is 27.7. The van der Waals surface area contributed by atoms with E-state index in [0.29, 0.717) is 19.4 Å². The van der Waals surface area contributed by atoms with Crippen LogP contribution in [0.5, 0.6) is 0 Å². The molecule has 0 aliphatic heterocycles. The molecular formula is C13H16N4O2S3. The molecule has 0 aliphatic carbocycles. The molecule has 3 heterocycles. The molecule has 0 saturated heterocycles. The van der Waals surface area contributed by atoms with Crippen molar-refractivity contribution in [1.82, 2.24) is 19.3 Å². The van der Waals surface area contributed by atoms with E-state index in [2.05, 4.69) is 14.8 Å². The molecule has 6 nitrogen and oxygen atoms in total. The highest BCUT2D eigenvalue weighted by molar-refractivity contribution is 7.89. The van der Waals surface area contributed by atoms with Crippen molar-refractivity contribution in [1.29, 1.82) is 0 Å². The summed E-state index contributed by atoms with van der Waals surface area (Å²) in [7, 11) is -3.16. The van der Waals surface area contributed by atoms with Crippen molar-refractivity contribution in [2.45, 2.75) is 19.8 Å². The third-order valence-electron chi connectivity index (χ3n) is 3.07. The summed E-state index contributed by atoms with van der Waals surface area (Å²) in [6.45, 7) is 2.23. The van der Waals surface area contributed by atoms with Crippen LogP contribution in [0, 0.1) is 0 Å².